The second-order valence-electron chi connectivity index (χ2n) is 7.50. The third-order valence-corrected chi connectivity index (χ3v) is 5.59. The molecule has 1 aliphatic heterocycles. The van der Waals surface area contributed by atoms with Gasteiger partial charge in [-0.05, 0) is 72.5 Å². The van der Waals surface area contributed by atoms with Crippen LogP contribution < -0.4 is 9.80 Å². The first kappa shape index (κ1) is 17.5. The van der Waals surface area contributed by atoms with Gasteiger partial charge in [0.1, 0.15) is 6.67 Å². The Morgan fingerprint density at radius 3 is 2.21 bits per heavy atom. The van der Waals surface area contributed by atoms with Crippen LogP contribution in [-0.4, -0.2) is 11.7 Å². The lowest BCUT2D eigenvalue weighted by Crippen LogP contribution is -2.24. The van der Waals surface area contributed by atoms with Crippen molar-refractivity contribution in [1.29, 1.82) is 0 Å². The summed E-state index contributed by atoms with van der Waals surface area (Å²) in [6, 6.07) is 29.9. The number of hydrogen-bond acceptors (Lipinski definition) is 3. The standard InChI is InChI=1S/C26H23N3/c1-19-9-6-10-20(2)25(19)21-11-7-14-23(17-21)29-18-28(22-12-4-3-5-13-22)24-15-8-16-27-26(24)29/h3-17H,18H2,1-2H3. The van der Waals surface area contributed by atoms with Crippen LogP contribution in [0.1, 0.15) is 11.1 Å². The smallest absolute Gasteiger partial charge is 0.158 e. The van der Waals surface area contributed by atoms with Gasteiger partial charge in [-0.2, -0.15) is 0 Å². The molecule has 4 aromatic rings. The minimum atomic E-state index is 0.743. The minimum absolute atomic E-state index is 0.743. The van der Waals surface area contributed by atoms with Crippen LogP contribution in [0.3, 0.4) is 0 Å². The van der Waals surface area contributed by atoms with E-state index < -0.39 is 0 Å². The van der Waals surface area contributed by atoms with Crippen LogP contribution in [0.4, 0.5) is 22.9 Å². The maximum atomic E-state index is 4.71. The van der Waals surface area contributed by atoms with Crippen molar-refractivity contribution in [1.82, 2.24) is 4.98 Å². The fraction of sp³-hybridized carbons (Fsp3) is 0.115. The summed E-state index contributed by atoms with van der Waals surface area (Å²) in [6.45, 7) is 5.10. The topological polar surface area (TPSA) is 19.4 Å². The molecule has 3 nitrogen and oxygen atoms in total. The minimum Gasteiger partial charge on any atom is -0.320 e. The fourth-order valence-electron chi connectivity index (χ4n) is 4.22. The molecule has 0 unspecified atom stereocenters. The summed E-state index contributed by atoms with van der Waals surface area (Å²) < 4.78 is 0. The van der Waals surface area contributed by atoms with E-state index in [0.29, 0.717) is 0 Å². The van der Waals surface area contributed by atoms with Gasteiger partial charge in [-0.1, -0.05) is 48.5 Å². The molecular formula is C26H23N3. The molecule has 0 radical (unpaired) electrons. The third kappa shape index (κ3) is 3.05. The first-order chi connectivity index (χ1) is 14.2. The van der Waals surface area contributed by atoms with Gasteiger partial charge in [0.25, 0.3) is 0 Å². The summed E-state index contributed by atoms with van der Waals surface area (Å²) in [6.07, 6.45) is 1.87. The number of rotatable bonds is 3. The molecule has 3 aromatic carbocycles. The maximum absolute atomic E-state index is 4.71. The van der Waals surface area contributed by atoms with E-state index in [1.807, 2.05) is 12.3 Å². The van der Waals surface area contributed by atoms with E-state index >= 15 is 0 Å². The van der Waals surface area contributed by atoms with Gasteiger partial charge in [-0.15, -0.1) is 0 Å². The van der Waals surface area contributed by atoms with Crippen LogP contribution in [-0.2, 0) is 0 Å². The molecule has 1 aliphatic rings. The summed E-state index contributed by atoms with van der Waals surface area (Å²) in [7, 11) is 0. The molecule has 142 valence electrons. The summed E-state index contributed by atoms with van der Waals surface area (Å²) in [5.74, 6) is 0.995. The predicted octanol–water partition coefficient (Wildman–Crippen LogP) is 6.61. The zero-order valence-electron chi connectivity index (χ0n) is 16.7. The molecule has 0 fully saturated rings. The van der Waals surface area contributed by atoms with Gasteiger partial charge in [-0.3, -0.25) is 0 Å². The molecule has 0 spiro atoms. The Labute approximate surface area is 171 Å². The van der Waals surface area contributed by atoms with Gasteiger partial charge in [0.2, 0.25) is 0 Å². The van der Waals surface area contributed by atoms with Gasteiger partial charge in [0.15, 0.2) is 5.82 Å². The lowest BCUT2D eigenvalue weighted by molar-refractivity contribution is 0.981. The molecule has 2 heterocycles. The SMILES string of the molecule is Cc1cccc(C)c1-c1cccc(N2CN(c3ccccc3)c3cccnc32)c1. The Morgan fingerprint density at radius 2 is 1.41 bits per heavy atom. The molecule has 5 rings (SSSR count). The predicted molar refractivity (Wildman–Crippen MR) is 121 cm³/mol. The Hall–Kier alpha value is -3.59. The highest BCUT2D eigenvalue weighted by molar-refractivity contribution is 5.85. The Bertz CT molecular complexity index is 1150. The number of para-hydroxylation sites is 1. The summed E-state index contributed by atoms with van der Waals surface area (Å²) in [4.78, 5) is 9.32. The molecule has 29 heavy (non-hydrogen) atoms. The summed E-state index contributed by atoms with van der Waals surface area (Å²) >= 11 is 0. The molecule has 0 amide bonds. The van der Waals surface area contributed by atoms with Gasteiger partial charge in [0.05, 0.1) is 5.69 Å². The van der Waals surface area contributed by atoms with E-state index in [1.165, 1.54) is 27.9 Å². The van der Waals surface area contributed by atoms with Crippen molar-refractivity contribution < 1.29 is 0 Å². The number of nitrogens with zero attached hydrogens (tertiary/aromatic N) is 3. The lowest BCUT2D eigenvalue weighted by Gasteiger charge is -2.22. The quantitative estimate of drug-likeness (QED) is 0.400. The number of anilines is 4. The summed E-state index contributed by atoms with van der Waals surface area (Å²) in [5, 5.41) is 0. The molecule has 0 bridgehead atoms. The zero-order chi connectivity index (χ0) is 19.8. The Balaban J connectivity index is 1.59. The van der Waals surface area contributed by atoms with Crippen LogP contribution in [0.5, 0.6) is 0 Å². The van der Waals surface area contributed by atoms with Crippen LogP contribution >= 0.6 is 0 Å². The van der Waals surface area contributed by atoms with E-state index in [2.05, 4.69) is 103 Å². The lowest BCUT2D eigenvalue weighted by atomic mass is 9.95. The highest BCUT2D eigenvalue weighted by atomic mass is 15.4. The van der Waals surface area contributed by atoms with E-state index in [9.17, 15) is 0 Å². The molecule has 0 saturated heterocycles. The molecule has 1 aromatic heterocycles. The first-order valence-corrected chi connectivity index (χ1v) is 9.94. The van der Waals surface area contributed by atoms with E-state index in [0.717, 1.165) is 23.9 Å². The number of aromatic nitrogens is 1. The molecule has 0 aliphatic carbocycles. The molecule has 0 atom stereocenters. The second-order valence-corrected chi connectivity index (χ2v) is 7.50. The monoisotopic (exact) mass is 377 g/mol. The number of benzene rings is 3. The number of aryl methyl sites for hydroxylation is 2. The zero-order valence-corrected chi connectivity index (χ0v) is 16.7. The van der Waals surface area contributed by atoms with Crippen LogP contribution in [0.2, 0.25) is 0 Å². The number of pyridine rings is 1. The van der Waals surface area contributed by atoms with Crippen LogP contribution in [0.15, 0.2) is 91.1 Å². The third-order valence-electron chi connectivity index (χ3n) is 5.59. The Morgan fingerprint density at radius 1 is 0.690 bits per heavy atom. The first-order valence-electron chi connectivity index (χ1n) is 9.94. The van der Waals surface area contributed by atoms with Crippen molar-refractivity contribution in [3.8, 4) is 11.1 Å². The van der Waals surface area contributed by atoms with Crippen molar-refractivity contribution >= 4 is 22.9 Å². The van der Waals surface area contributed by atoms with Crippen molar-refractivity contribution in [2.45, 2.75) is 13.8 Å². The molecule has 3 heteroatoms. The highest BCUT2D eigenvalue weighted by Gasteiger charge is 2.29. The van der Waals surface area contributed by atoms with Gasteiger partial charge in [0, 0.05) is 17.6 Å². The van der Waals surface area contributed by atoms with Crippen molar-refractivity contribution in [2.75, 3.05) is 16.5 Å². The van der Waals surface area contributed by atoms with Crippen LogP contribution in [0, 0.1) is 13.8 Å². The molecular weight excluding hydrogens is 354 g/mol. The maximum Gasteiger partial charge on any atom is 0.158 e. The van der Waals surface area contributed by atoms with Gasteiger partial charge >= 0.3 is 0 Å². The fourth-order valence-corrected chi connectivity index (χ4v) is 4.22. The second kappa shape index (κ2) is 7.10. The largest absolute Gasteiger partial charge is 0.320 e. The van der Waals surface area contributed by atoms with Crippen molar-refractivity contribution in [3.05, 3.63) is 102 Å². The van der Waals surface area contributed by atoms with Gasteiger partial charge in [-0.25, -0.2) is 4.98 Å². The Kier molecular flexibility index (Phi) is 4.28. The van der Waals surface area contributed by atoms with Gasteiger partial charge < -0.3 is 9.80 Å². The molecule has 0 saturated carbocycles. The van der Waals surface area contributed by atoms with E-state index in [4.69, 9.17) is 4.98 Å². The van der Waals surface area contributed by atoms with Crippen molar-refractivity contribution in [2.24, 2.45) is 0 Å². The number of fused-ring (bicyclic) bond motifs is 1. The molecule has 0 N–H and O–H groups in total. The highest BCUT2D eigenvalue weighted by Crippen LogP contribution is 2.43. The average Bonchev–Trinajstić information content (AvgIpc) is 3.14. The summed E-state index contributed by atoms with van der Waals surface area (Å²) in [5.41, 5.74) is 8.62. The van der Waals surface area contributed by atoms with E-state index in [1.54, 1.807) is 0 Å². The van der Waals surface area contributed by atoms with Crippen molar-refractivity contribution in [3.63, 3.8) is 0 Å². The van der Waals surface area contributed by atoms with E-state index in [-0.39, 0.29) is 0 Å². The number of hydrogen-bond donors (Lipinski definition) is 0. The normalized spacial score (nSPS) is 12.9. The van der Waals surface area contributed by atoms with Crippen LogP contribution in [0.25, 0.3) is 11.1 Å². The average molecular weight is 377 g/mol.